The number of nitrogens with zero attached hydrogens (tertiary/aromatic N) is 1. The zero-order valence-electron chi connectivity index (χ0n) is 14.1. The molecule has 2 saturated heterocycles. The van der Waals surface area contributed by atoms with Gasteiger partial charge in [-0.3, -0.25) is 9.69 Å². The van der Waals surface area contributed by atoms with Crippen LogP contribution >= 0.6 is 0 Å². The van der Waals surface area contributed by atoms with Gasteiger partial charge in [-0.25, -0.2) is 0 Å². The summed E-state index contributed by atoms with van der Waals surface area (Å²) in [4.78, 5) is 17.8. The van der Waals surface area contributed by atoms with Crippen LogP contribution in [0.2, 0.25) is 0 Å². The van der Waals surface area contributed by atoms with E-state index >= 15 is 0 Å². The molecule has 2 aliphatic rings. The lowest BCUT2D eigenvalue weighted by atomic mass is 9.91. The summed E-state index contributed by atoms with van der Waals surface area (Å²) >= 11 is 0. The summed E-state index contributed by atoms with van der Waals surface area (Å²) in [5, 5.41) is 1.08. The van der Waals surface area contributed by atoms with Crippen molar-refractivity contribution in [3.05, 3.63) is 46.2 Å². The second-order valence-electron chi connectivity index (χ2n) is 7.10. The second-order valence-corrected chi connectivity index (χ2v) is 7.10. The van der Waals surface area contributed by atoms with E-state index in [2.05, 4.69) is 16.8 Å². The van der Waals surface area contributed by atoms with Crippen molar-refractivity contribution in [1.82, 2.24) is 9.88 Å². The number of morpholine rings is 1. The minimum absolute atomic E-state index is 0.00822. The number of ether oxygens (including phenoxy) is 2. The summed E-state index contributed by atoms with van der Waals surface area (Å²) in [6.07, 6.45) is 2.04. The second kappa shape index (κ2) is 6.31. The van der Waals surface area contributed by atoms with Crippen LogP contribution in [-0.2, 0) is 16.0 Å². The molecule has 1 spiro atoms. The van der Waals surface area contributed by atoms with Crippen molar-refractivity contribution in [1.29, 1.82) is 0 Å². The number of hydrogen-bond acceptors (Lipinski definition) is 4. The van der Waals surface area contributed by atoms with Crippen molar-refractivity contribution < 1.29 is 9.47 Å². The summed E-state index contributed by atoms with van der Waals surface area (Å²) < 4.78 is 11.8. The first-order valence-corrected chi connectivity index (χ1v) is 8.72. The van der Waals surface area contributed by atoms with Gasteiger partial charge >= 0.3 is 0 Å². The molecule has 0 amide bonds. The van der Waals surface area contributed by atoms with Gasteiger partial charge in [0.05, 0.1) is 11.7 Å². The third-order valence-corrected chi connectivity index (χ3v) is 5.11. The van der Waals surface area contributed by atoms with E-state index in [9.17, 15) is 4.79 Å². The summed E-state index contributed by atoms with van der Waals surface area (Å²) in [6.45, 7) is 6.03. The van der Waals surface area contributed by atoms with Crippen LogP contribution in [0.25, 0.3) is 10.9 Å². The van der Waals surface area contributed by atoms with E-state index in [1.165, 1.54) is 0 Å². The van der Waals surface area contributed by atoms with Crippen LogP contribution in [0, 0.1) is 0 Å². The first-order valence-electron chi connectivity index (χ1n) is 8.72. The van der Waals surface area contributed by atoms with E-state index in [-0.39, 0.29) is 17.3 Å². The topological polar surface area (TPSA) is 54.6 Å². The van der Waals surface area contributed by atoms with Crippen molar-refractivity contribution in [2.75, 3.05) is 26.3 Å². The molecule has 2 aliphatic heterocycles. The minimum Gasteiger partial charge on any atom is -0.381 e. The third-order valence-electron chi connectivity index (χ3n) is 5.11. The number of aromatic amines is 1. The Bertz CT molecular complexity index is 780. The van der Waals surface area contributed by atoms with Gasteiger partial charge < -0.3 is 14.5 Å². The molecule has 1 unspecified atom stereocenters. The zero-order chi connectivity index (χ0) is 16.6. The van der Waals surface area contributed by atoms with Gasteiger partial charge in [-0.2, -0.15) is 0 Å². The van der Waals surface area contributed by atoms with Crippen LogP contribution in [-0.4, -0.2) is 47.9 Å². The fraction of sp³-hybridized carbons (Fsp3) is 0.526. The molecule has 3 heterocycles. The lowest BCUT2D eigenvalue weighted by Crippen LogP contribution is -2.56. The molecule has 2 fully saturated rings. The molecule has 1 N–H and O–H groups in total. The fourth-order valence-corrected chi connectivity index (χ4v) is 4.03. The Labute approximate surface area is 141 Å². The molecule has 2 aromatic rings. The predicted molar refractivity (Wildman–Crippen MR) is 93.2 cm³/mol. The Morgan fingerprint density at radius 2 is 2.08 bits per heavy atom. The molecule has 5 nitrogen and oxygen atoms in total. The number of rotatable bonds is 2. The standard InChI is InChI=1S/C19H24N2O3/c1-14-11-21(13-19(24-14)6-8-23-9-7-19)12-16-10-15-4-2-3-5-17(15)20-18(16)22/h2-5,10,14H,6-9,11-13H2,1H3,(H,20,22). The summed E-state index contributed by atoms with van der Waals surface area (Å²) in [6, 6.07) is 9.94. The van der Waals surface area contributed by atoms with Crippen LogP contribution in [0.5, 0.6) is 0 Å². The van der Waals surface area contributed by atoms with Gasteiger partial charge in [0, 0.05) is 56.8 Å². The first-order chi connectivity index (χ1) is 11.6. The van der Waals surface area contributed by atoms with Crippen molar-refractivity contribution in [2.24, 2.45) is 0 Å². The van der Waals surface area contributed by atoms with Crippen LogP contribution in [0.3, 0.4) is 0 Å². The van der Waals surface area contributed by atoms with Gasteiger partial charge in [0.25, 0.3) is 5.56 Å². The number of nitrogens with one attached hydrogen (secondary N) is 1. The monoisotopic (exact) mass is 328 g/mol. The average molecular weight is 328 g/mol. The van der Waals surface area contributed by atoms with Crippen LogP contribution < -0.4 is 5.56 Å². The van der Waals surface area contributed by atoms with Crippen molar-refractivity contribution in [3.8, 4) is 0 Å². The maximum atomic E-state index is 12.4. The largest absolute Gasteiger partial charge is 0.381 e. The van der Waals surface area contributed by atoms with E-state index in [1.54, 1.807) is 0 Å². The normalized spacial score (nSPS) is 24.5. The molecule has 24 heavy (non-hydrogen) atoms. The Kier molecular flexibility index (Phi) is 4.16. The molecule has 5 heteroatoms. The minimum atomic E-state index is -0.112. The first kappa shape index (κ1) is 15.8. The Hall–Kier alpha value is -1.69. The molecule has 0 radical (unpaired) electrons. The van der Waals surface area contributed by atoms with E-state index in [0.717, 1.165) is 55.6 Å². The van der Waals surface area contributed by atoms with Crippen LogP contribution in [0.4, 0.5) is 0 Å². The predicted octanol–water partition coefficient (Wildman–Crippen LogP) is 2.30. The Morgan fingerprint density at radius 3 is 2.92 bits per heavy atom. The highest BCUT2D eigenvalue weighted by Crippen LogP contribution is 2.32. The van der Waals surface area contributed by atoms with Crippen molar-refractivity contribution in [3.63, 3.8) is 0 Å². The Balaban J connectivity index is 1.58. The summed E-state index contributed by atoms with van der Waals surface area (Å²) in [5.74, 6) is 0. The smallest absolute Gasteiger partial charge is 0.252 e. The molecule has 1 aromatic carbocycles. The zero-order valence-corrected chi connectivity index (χ0v) is 14.1. The van der Waals surface area contributed by atoms with Crippen LogP contribution in [0.1, 0.15) is 25.3 Å². The number of pyridine rings is 1. The van der Waals surface area contributed by atoms with Gasteiger partial charge in [0.2, 0.25) is 0 Å². The maximum Gasteiger partial charge on any atom is 0.252 e. The number of hydrogen-bond donors (Lipinski definition) is 1. The van der Waals surface area contributed by atoms with Gasteiger partial charge in [0.1, 0.15) is 0 Å². The molecule has 0 saturated carbocycles. The van der Waals surface area contributed by atoms with Crippen molar-refractivity contribution >= 4 is 10.9 Å². The molecular formula is C19H24N2O3. The summed E-state index contributed by atoms with van der Waals surface area (Å²) in [5.41, 5.74) is 1.61. The van der Waals surface area contributed by atoms with E-state index < -0.39 is 0 Å². The van der Waals surface area contributed by atoms with Gasteiger partial charge in [-0.05, 0) is 24.4 Å². The molecule has 1 atom stereocenters. The van der Waals surface area contributed by atoms with Crippen molar-refractivity contribution in [2.45, 2.75) is 38.0 Å². The molecule has 128 valence electrons. The summed E-state index contributed by atoms with van der Waals surface area (Å²) in [7, 11) is 0. The lowest BCUT2D eigenvalue weighted by Gasteiger charge is -2.47. The number of para-hydroxylation sites is 1. The van der Waals surface area contributed by atoms with Gasteiger partial charge in [-0.1, -0.05) is 18.2 Å². The van der Waals surface area contributed by atoms with E-state index in [4.69, 9.17) is 9.47 Å². The fourth-order valence-electron chi connectivity index (χ4n) is 4.03. The molecule has 0 aliphatic carbocycles. The number of H-pyrrole nitrogens is 1. The quantitative estimate of drug-likeness (QED) is 0.919. The van der Waals surface area contributed by atoms with Gasteiger partial charge in [-0.15, -0.1) is 0 Å². The third kappa shape index (κ3) is 3.11. The average Bonchev–Trinajstić information content (AvgIpc) is 2.55. The highest BCUT2D eigenvalue weighted by atomic mass is 16.5. The Morgan fingerprint density at radius 1 is 1.29 bits per heavy atom. The highest BCUT2D eigenvalue weighted by Gasteiger charge is 2.40. The maximum absolute atomic E-state index is 12.4. The SMILES string of the molecule is CC1CN(Cc2cc3ccccc3[nH]c2=O)CC2(CCOCC2)O1. The molecule has 1 aromatic heterocycles. The van der Waals surface area contributed by atoms with Gasteiger partial charge in [0.15, 0.2) is 0 Å². The van der Waals surface area contributed by atoms with Crippen LogP contribution in [0.15, 0.2) is 35.1 Å². The molecule has 0 bridgehead atoms. The highest BCUT2D eigenvalue weighted by molar-refractivity contribution is 5.78. The lowest BCUT2D eigenvalue weighted by molar-refractivity contribution is -0.185. The van der Waals surface area contributed by atoms with E-state index in [1.807, 2.05) is 30.3 Å². The van der Waals surface area contributed by atoms with E-state index in [0.29, 0.717) is 6.54 Å². The molecular weight excluding hydrogens is 304 g/mol. The number of aromatic nitrogens is 1. The molecule has 4 rings (SSSR count). The number of fused-ring (bicyclic) bond motifs is 1. The number of benzene rings is 1.